The number of carbonyl (C=O) groups excluding carboxylic acids is 1. The minimum atomic E-state index is -0.117. The average Bonchev–Trinajstić information content (AvgIpc) is 3.36. The van der Waals surface area contributed by atoms with E-state index in [4.69, 9.17) is 11.6 Å². The van der Waals surface area contributed by atoms with Crippen LogP contribution >= 0.6 is 22.9 Å². The van der Waals surface area contributed by atoms with Crippen LogP contribution in [0.4, 0.5) is 0 Å². The standard InChI is InChI=1S/C22H19ClN4OS/c1-15-20(29-22(26-15)18-6-3-7-19(23)11-18)21(28)25-12-16-4-2-5-17(10-16)13-27-9-8-24-14-27/h2-11,14H,12-13H2,1H3,(H,25,28). The number of benzene rings is 2. The highest BCUT2D eigenvalue weighted by Crippen LogP contribution is 2.29. The molecule has 5 nitrogen and oxygen atoms in total. The molecule has 0 atom stereocenters. The third-order valence-corrected chi connectivity index (χ3v) is 5.88. The maximum Gasteiger partial charge on any atom is 0.263 e. The smallest absolute Gasteiger partial charge is 0.263 e. The van der Waals surface area contributed by atoms with Crippen LogP contribution in [0.2, 0.25) is 5.02 Å². The van der Waals surface area contributed by atoms with Gasteiger partial charge >= 0.3 is 0 Å². The zero-order chi connectivity index (χ0) is 20.2. The van der Waals surface area contributed by atoms with Crippen LogP contribution in [0.5, 0.6) is 0 Å². The van der Waals surface area contributed by atoms with E-state index in [0.29, 0.717) is 16.4 Å². The molecule has 0 aliphatic carbocycles. The Hall–Kier alpha value is -2.96. The van der Waals surface area contributed by atoms with Gasteiger partial charge in [-0.15, -0.1) is 11.3 Å². The number of amides is 1. The summed E-state index contributed by atoms with van der Waals surface area (Å²) in [7, 11) is 0. The number of hydrogen-bond donors (Lipinski definition) is 1. The zero-order valence-corrected chi connectivity index (χ0v) is 17.4. The van der Waals surface area contributed by atoms with Crippen molar-refractivity contribution in [3.63, 3.8) is 0 Å². The molecule has 2 aromatic heterocycles. The fraction of sp³-hybridized carbons (Fsp3) is 0.136. The third kappa shape index (κ3) is 4.72. The lowest BCUT2D eigenvalue weighted by Crippen LogP contribution is -2.22. The van der Waals surface area contributed by atoms with Crippen LogP contribution in [-0.2, 0) is 13.1 Å². The van der Waals surface area contributed by atoms with Crippen molar-refractivity contribution in [2.45, 2.75) is 20.0 Å². The second-order valence-electron chi connectivity index (χ2n) is 6.68. The van der Waals surface area contributed by atoms with Crippen LogP contribution in [0.25, 0.3) is 10.6 Å². The highest BCUT2D eigenvalue weighted by Gasteiger charge is 2.16. The molecule has 29 heavy (non-hydrogen) atoms. The Bertz CT molecular complexity index is 1140. The number of aromatic nitrogens is 3. The first-order chi connectivity index (χ1) is 14.1. The van der Waals surface area contributed by atoms with Crippen LogP contribution < -0.4 is 5.32 Å². The number of carbonyl (C=O) groups is 1. The lowest BCUT2D eigenvalue weighted by Gasteiger charge is -2.07. The fourth-order valence-corrected chi connectivity index (χ4v) is 4.21. The lowest BCUT2D eigenvalue weighted by atomic mass is 10.1. The predicted octanol–water partition coefficient (Wildman–Crippen LogP) is 4.95. The summed E-state index contributed by atoms with van der Waals surface area (Å²) in [5, 5.41) is 4.44. The van der Waals surface area contributed by atoms with E-state index in [1.54, 1.807) is 12.5 Å². The number of thiazole rings is 1. The van der Waals surface area contributed by atoms with Gasteiger partial charge in [0.1, 0.15) is 9.88 Å². The Morgan fingerprint density at radius 1 is 1.17 bits per heavy atom. The zero-order valence-electron chi connectivity index (χ0n) is 15.8. The highest BCUT2D eigenvalue weighted by atomic mass is 35.5. The Morgan fingerprint density at radius 3 is 2.79 bits per heavy atom. The van der Waals surface area contributed by atoms with E-state index in [1.807, 2.05) is 54.1 Å². The lowest BCUT2D eigenvalue weighted by molar-refractivity contribution is 0.0954. The molecule has 0 saturated heterocycles. The Labute approximate surface area is 178 Å². The molecular weight excluding hydrogens is 404 g/mol. The summed E-state index contributed by atoms with van der Waals surface area (Å²) in [4.78, 5) is 21.9. The first kappa shape index (κ1) is 19.4. The van der Waals surface area contributed by atoms with E-state index in [-0.39, 0.29) is 5.91 Å². The predicted molar refractivity (Wildman–Crippen MR) is 116 cm³/mol. The van der Waals surface area contributed by atoms with Gasteiger partial charge in [0.05, 0.1) is 12.0 Å². The summed E-state index contributed by atoms with van der Waals surface area (Å²) in [5.41, 5.74) is 3.84. The van der Waals surface area contributed by atoms with Crippen molar-refractivity contribution in [1.29, 1.82) is 0 Å². The van der Waals surface area contributed by atoms with Crippen molar-refractivity contribution < 1.29 is 4.79 Å². The first-order valence-electron chi connectivity index (χ1n) is 9.13. The number of rotatable bonds is 6. The van der Waals surface area contributed by atoms with Gasteiger partial charge in [0.25, 0.3) is 5.91 Å². The fourth-order valence-electron chi connectivity index (χ4n) is 3.04. The molecule has 1 N–H and O–H groups in total. The molecule has 1 amide bonds. The molecule has 0 aliphatic heterocycles. The topological polar surface area (TPSA) is 59.8 Å². The number of nitrogens with zero attached hydrogens (tertiary/aromatic N) is 3. The number of hydrogen-bond acceptors (Lipinski definition) is 4. The highest BCUT2D eigenvalue weighted by molar-refractivity contribution is 7.17. The Kier molecular flexibility index (Phi) is 5.74. The summed E-state index contributed by atoms with van der Waals surface area (Å²) >= 11 is 7.45. The minimum absolute atomic E-state index is 0.117. The average molecular weight is 423 g/mol. The van der Waals surface area contributed by atoms with Crippen LogP contribution in [0.3, 0.4) is 0 Å². The van der Waals surface area contributed by atoms with Crippen LogP contribution in [0.15, 0.2) is 67.3 Å². The summed E-state index contributed by atoms with van der Waals surface area (Å²) in [6.45, 7) is 3.06. The second-order valence-corrected chi connectivity index (χ2v) is 8.12. The van der Waals surface area contributed by atoms with Gasteiger partial charge < -0.3 is 9.88 Å². The Morgan fingerprint density at radius 2 is 2.00 bits per heavy atom. The third-order valence-electron chi connectivity index (χ3n) is 4.44. The van der Waals surface area contributed by atoms with E-state index < -0.39 is 0 Å². The van der Waals surface area contributed by atoms with E-state index in [2.05, 4.69) is 27.4 Å². The number of halogens is 1. The summed E-state index contributed by atoms with van der Waals surface area (Å²) < 4.78 is 2.01. The van der Waals surface area contributed by atoms with Crippen molar-refractivity contribution in [3.05, 3.63) is 94.0 Å². The first-order valence-corrected chi connectivity index (χ1v) is 10.3. The molecule has 0 fully saturated rings. The quantitative estimate of drug-likeness (QED) is 0.478. The summed E-state index contributed by atoms with van der Waals surface area (Å²) in [6.07, 6.45) is 5.48. The largest absolute Gasteiger partial charge is 0.347 e. The van der Waals surface area contributed by atoms with Gasteiger partial charge in [-0.3, -0.25) is 4.79 Å². The number of aryl methyl sites for hydroxylation is 1. The summed E-state index contributed by atoms with van der Waals surface area (Å²) in [5.74, 6) is -0.117. The van der Waals surface area contributed by atoms with Crippen molar-refractivity contribution in [1.82, 2.24) is 19.9 Å². The number of nitrogens with one attached hydrogen (secondary N) is 1. The molecule has 0 aliphatic rings. The van der Waals surface area contributed by atoms with E-state index >= 15 is 0 Å². The van der Waals surface area contributed by atoms with Gasteiger partial charge in [-0.1, -0.05) is 48.0 Å². The normalized spacial score (nSPS) is 10.8. The molecule has 0 radical (unpaired) electrons. The van der Waals surface area contributed by atoms with Crippen LogP contribution in [0, 0.1) is 6.92 Å². The second kappa shape index (κ2) is 8.59. The Balaban J connectivity index is 1.44. The number of imidazole rings is 1. The monoisotopic (exact) mass is 422 g/mol. The van der Waals surface area contributed by atoms with Crippen molar-refractivity contribution in [3.8, 4) is 10.6 Å². The van der Waals surface area contributed by atoms with Crippen LogP contribution in [-0.4, -0.2) is 20.4 Å². The van der Waals surface area contributed by atoms with E-state index in [1.165, 1.54) is 11.3 Å². The maximum absolute atomic E-state index is 12.7. The SMILES string of the molecule is Cc1nc(-c2cccc(Cl)c2)sc1C(=O)NCc1cccc(Cn2ccnc2)c1. The molecule has 4 aromatic rings. The van der Waals surface area contributed by atoms with Gasteiger partial charge in [-0.05, 0) is 30.2 Å². The van der Waals surface area contributed by atoms with E-state index in [0.717, 1.165) is 33.9 Å². The van der Waals surface area contributed by atoms with Gasteiger partial charge in [-0.2, -0.15) is 0 Å². The molecular formula is C22H19ClN4OS. The van der Waals surface area contributed by atoms with Gasteiger partial charge in [0, 0.05) is 36.1 Å². The molecule has 2 heterocycles. The van der Waals surface area contributed by atoms with Crippen molar-refractivity contribution in [2.24, 2.45) is 0 Å². The van der Waals surface area contributed by atoms with Crippen LogP contribution in [0.1, 0.15) is 26.5 Å². The minimum Gasteiger partial charge on any atom is -0.347 e. The molecule has 7 heteroatoms. The molecule has 0 unspecified atom stereocenters. The molecule has 0 spiro atoms. The molecule has 4 rings (SSSR count). The van der Waals surface area contributed by atoms with Crippen molar-refractivity contribution >= 4 is 28.8 Å². The molecule has 2 aromatic carbocycles. The van der Waals surface area contributed by atoms with Gasteiger partial charge in [0.15, 0.2) is 0 Å². The molecule has 0 saturated carbocycles. The molecule has 146 valence electrons. The van der Waals surface area contributed by atoms with E-state index in [9.17, 15) is 4.79 Å². The van der Waals surface area contributed by atoms with Gasteiger partial charge in [0.2, 0.25) is 0 Å². The van der Waals surface area contributed by atoms with Crippen molar-refractivity contribution in [2.75, 3.05) is 0 Å². The molecule has 0 bridgehead atoms. The van der Waals surface area contributed by atoms with Gasteiger partial charge in [-0.25, -0.2) is 9.97 Å². The maximum atomic E-state index is 12.7. The summed E-state index contributed by atoms with van der Waals surface area (Å²) in [6, 6.07) is 15.7.